The molecule has 1 unspecified atom stereocenters. The normalized spacial score (nSPS) is 23.5. The van der Waals surface area contributed by atoms with Crippen LogP contribution in [0.4, 0.5) is 0 Å². The Morgan fingerprint density at radius 3 is 2.30 bits per heavy atom. The third-order valence-corrected chi connectivity index (χ3v) is 5.35. The highest BCUT2D eigenvalue weighted by molar-refractivity contribution is 5.35. The van der Waals surface area contributed by atoms with Gasteiger partial charge in [-0.05, 0) is 63.2 Å². The van der Waals surface area contributed by atoms with Gasteiger partial charge in [0.2, 0.25) is 0 Å². The summed E-state index contributed by atoms with van der Waals surface area (Å²) in [7, 11) is 0. The van der Waals surface area contributed by atoms with Crippen LogP contribution in [-0.4, -0.2) is 30.6 Å². The van der Waals surface area contributed by atoms with Gasteiger partial charge in [-0.1, -0.05) is 30.7 Å². The smallest absolute Gasteiger partial charge is 0.0108 e. The van der Waals surface area contributed by atoms with Crippen LogP contribution in [0, 0.1) is 0 Å². The first-order valence-electron chi connectivity index (χ1n) is 8.28. The van der Waals surface area contributed by atoms with Gasteiger partial charge in [-0.25, -0.2) is 0 Å². The minimum absolute atomic E-state index is 0.279. The van der Waals surface area contributed by atoms with Crippen molar-refractivity contribution in [2.24, 2.45) is 5.73 Å². The predicted octanol–water partition coefficient (Wildman–Crippen LogP) is 3.09. The fourth-order valence-electron chi connectivity index (χ4n) is 3.62. The Bertz CT molecular complexity index is 425. The summed E-state index contributed by atoms with van der Waals surface area (Å²) in [6.07, 6.45) is 7.90. The first kappa shape index (κ1) is 14.1. The second-order valence-corrected chi connectivity index (χ2v) is 6.79. The van der Waals surface area contributed by atoms with Crippen LogP contribution in [0.2, 0.25) is 0 Å². The third kappa shape index (κ3) is 2.91. The molecule has 1 saturated carbocycles. The van der Waals surface area contributed by atoms with E-state index in [1.807, 2.05) is 0 Å². The van der Waals surface area contributed by atoms with Crippen molar-refractivity contribution in [3.63, 3.8) is 0 Å². The zero-order valence-electron chi connectivity index (χ0n) is 12.8. The fraction of sp³-hybridized carbons (Fsp3) is 0.667. The summed E-state index contributed by atoms with van der Waals surface area (Å²) in [5, 5.41) is 0. The molecule has 1 aliphatic heterocycles. The van der Waals surface area contributed by atoms with E-state index in [0.717, 1.165) is 0 Å². The van der Waals surface area contributed by atoms with Crippen molar-refractivity contribution >= 4 is 0 Å². The molecule has 0 radical (unpaired) electrons. The summed E-state index contributed by atoms with van der Waals surface area (Å²) in [5.41, 5.74) is 9.37. The molecule has 2 N–H and O–H groups in total. The SMILES string of the molecule is CC(N)C1(c2ccc(CCN3CCCCC3)cc2)CC1. The molecule has 0 spiro atoms. The van der Waals surface area contributed by atoms with E-state index in [-0.39, 0.29) is 6.04 Å². The lowest BCUT2D eigenvalue weighted by molar-refractivity contribution is 0.231. The number of likely N-dealkylation sites (tertiary alicyclic amines) is 1. The van der Waals surface area contributed by atoms with Crippen molar-refractivity contribution in [2.45, 2.75) is 56.9 Å². The van der Waals surface area contributed by atoms with E-state index in [4.69, 9.17) is 5.73 Å². The van der Waals surface area contributed by atoms with E-state index in [1.54, 1.807) is 0 Å². The lowest BCUT2D eigenvalue weighted by Gasteiger charge is -2.26. The topological polar surface area (TPSA) is 29.3 Å². The zero-order valence-corrected chi connectivity index (χ0v) is 12.8. The molecule has 110 valence electrons. The Hall–Kier alpha value is -0.860. The minimum atomic E-state index is 0.279. The summed E-state index contributed by atoms with van der Waals surface area (Å²) in [6.45, 7) is 5.97. The lowest BCUT2D eigenvalue weighted by atomic mass is 9.89. The van der Waals surface area contributed by atoms with Gasteiger partial charge in [0.15, 0.2) is 0 Å². The first-order valence-corrected chi connectivity index (χ1v) is 8.28. The predicted molar refractivity (Wildman–Crippen MR) is 85.0 cm³/mol. The van der Waals surface area contributed by atoms with E-state index in [1.165, 1.54) is 69.3 Å². The van der Waals surface area contributed by atoms with Gasteiger partial charge in [-0.2, -0.15) is 0 Å². The molecule has 0 aromatic heterocycles. The van der Waals surface area contributed by atoms with Crippen LogP contribution in [0.3, 0.4) is 0 Å². The number of hydrogen-bond donors (Lipinski definition) is 1. The first-order chi connectivity index (χ1) is 9.71. The standard InChI is InChI=1S/C18H28N2/c1-15(19)18(10-11-18)17-7-5-16(6-8-17)9-14-20-12-3-2-4-13-20/h5-8,15H,2-4,9-14,19H2,1H3. The van der Waals surface area contributed by atoms with Crippen molar-refractivity contribution in [3.8, 4) is 0 Å². The van der Waals surface area contributed by atoms with Crippen LogP contribution in [-0.2, 0) is 11.8 Å². The largest absolute Gasteiger partial charge is 0.327 e. The van der Waals surface area contributed by atoms with Gasteiger partial charge in [0.25, 0.3) is 0 Å². The van der Waals surface area contributed by atoms with Gasteiger partial charge < -0.3 is 10.6 Å². The van der Waals surface area contributed by atoms with Gasteiger partial charge in [0.05, 0.1) is 0 Å². The average Bonchev–Trinajstić information content (AvgIpc) is 3.28. The zero-order chi connectivity index (χ0) is 14.0. The minimum Gasteiger partial charge on any atom is -0.327 e. The van der Waals surface area contributed by atoms with Crippen LogP contribution in [0.1, 0.15) is 50.2 Å². The molecule has 2 aliphatic rings. The van der Waals surface area contributed by atoms with Crippen molar-refractivity contribution in [3.05, 3.63) is 35.4 Å². The van der Waals surface area contributed by atoms with Crippen molar-refractivity contribution in [2.75, 3.05) is 19.6 Å². The van der Waals surface area contributed by atoms with E-state index in [2.05, 4.69) is 36.1 Å². The monoisotopic (exact) mass is 272 g/mol. The van der Waals surface area contributed by atoms with Gasteiger partial charge in [0.1, 0.15) is 0 Å². The maximum atomic E-state index is 6.15. The number of nitrogens with two attached hydrogens (primary N) is 1. The lowest BCUT2D eigenvalue weighted by Crippen LogP contribution is -2.32. The van der Waals surface area contributed by atoms with Crippen molar-refractivity contribution < 1.29 is 0 Å². The Labute approximate surface area is 123 Å². The fourth-order valence-corrected chi connectivity index (χ4v) is 3.62. The van der Waals surface area contributed by atoms with Crippen LogP contribution in [0.15, 0.2) is 24.3 Å². The average molecular weight is 272 g/mol. The Morgan fingerprint density at radius 1 is 1.10 bits per heavy atom. The number of hydrogen-bond acceptors (Lipinski definition) is 2. The molecule has 2 fully saturated rings. The van der Waals surface area contributed by atoms with Crippen LogP contribution >= 0.6 is 0 Å². The van der Waals surface area contributed by atoms with Gasteiger partial charge >= 0.3 is 0 Å². The molecule has 1 aliphatic carbocycles. The molecule has 0 bridgehead atoms. The maximum absolute atomic E-state index is 6.15. The molecule has 2 heteroatoms. The number of benzene rings is 1. The third-order valence-electron chi connectivity index (χ3n) is 5.35. The van der Waals surface area contributed by atoms with Gasteiger partial charge in [-0.3, -0.25) is 0 Å². The molecule has 0 amide bonds. The van der Waals surface area contributed by atoms with E-state index >= 15 is 0 Å². The number of piperidine rings is 1. The van der Waals surface area contributed by atoms with Gasteiger partial charge in [-0.15, -0.1) is 0 Å². The molecule has 2 nitrogen and oxygen atoms in total. The maximum Gasteiger partial charge on any atom is 0.0108 e. The number of rotatable bonds is 5. The Kier molecular flexibility index (Phi) is 4.13. The highest BCUT2D eigenvalue weighted by atomic mass is 15.1. The summed E-state index contributed by atoms with van der Waals surface area (Å²) in [4.78, 5) is 2.61. The second-order valence-electron chi connectivity index (χ2n) is 6.79. The summed E-state index contributed by atoms with van der Waals surface area (Å²) >= 11 is 0. The molecule has 1 heterocycles. The molecule has 1 aromatic rings. The van der Waals surface area contributed by atoms with Crippen LogP contribution in [0.25, 0.3) is 0 Å². The molecule has 1 saturated heterocycles. The molecule has 1 atom stereocenters. The van der Waals surface area contributed by atoms with Crippen molar-refractivity contribution in [1.82, 2.24) is 4.90 Å². The molecule has 3 rings (SSSR count). The quantitative estimate of drug-likeness (QED) is 0.892. The van der Waals surface area contributed by atoms with Crippen molar-refractivity contribution in [1.29, 1.82) is 0 Å². The molecule has 20 heavy (non-hydrogen) atoms. The summed E-state index contributed by atoms with van der Waals surface area (Å²) in [6, 6.07) is 9.56. The van der Waals surface area contributed by atoms with E-state index in [0.29, 0.717) is 5.41 Å². The van der Waals surface area contributed by atoms with E-state index in [9.17, 15) is 0 Å². The van der Waals surface area contributed by atoms with Gasteiger partial charge in [0, 0.05) is 18.0 Å². The second kappa shape index (κ2) is 5.87. The van der Waals surface area contributed by atoms with Crippen LogP contribution in [0.5, 0.6) is 0 Å². The van der Waals surface area contributed by atoms with E-state index < -0.39 is 0 Å². The summed E-state index contributed by atoms with van der Waals surface area (Å²) < 4.78 is 0. The Balaban J connectivity index is 1.56. The number of nitrogens with zero attached hydrogens (tertiary/aromatic N) is 1. The van der Waals surface area contributed by atoms with Crippen LogP contribution < -0.4 is 5.73 Å². The Morgan fingerprint density at radius 2 is 1.75 bits per heavy atom. The molecular weight excluding hydrogens is 244 g/mol. The highest BCUT2D eigenvalue weighted by Crippen LogP contribution is 2.50. The summed E-state index contributed by atoms with van der Waals surface area (Å²) in [5.74, 6) is 0. The molecule has 1 aromatic carbocycles. The highest BCUT2D eigenvalue weighted by Gasteiger charge is 2.47. The molecular formula is C18H28N2.